The van der Waals surface area contributed by atoms with E-state index < -0.39 is 6.10 Å². The molecule has 7 rings (SSSR count). The number of hydrogen-bond donors (Lipinski definition) is 2. The molecule has 0 radical (unpaired) electrons. The molecule has 2 aromatic rings. The lowest BCUT2D eigenvalue weighted by atomic mass is 9.69. The highest BCUT2D eigenvalue weighted by Crippen LogP contribution is 2.64. The van der Waals surface area contributed by atoms with Crippen molar-refractivity contribution in [1.82, 2.24) is 14.9 Å². The first-order valence-corrected chi connectivity index (χ1v) is 14.0. The van der Waals surface area contributed by atoms with E-state index in [1.807, 2.05) is 21.7 Å². The zero-order chi connectivity index (χ0) is 25.1. The van der Waals surface area contributed by atoms with Gasteiger partial charge < -0.3 is 19.8 Å². The van der Waals surface area contributed by atoms with Crippen molar-refractivity contribution in [2.75, 3.05) is 19.8 Å². The fourth-order valence-electron chi connectivity index (χ4n) is 7.04. The van der Waals surface area contributed by atoms with Gasteiger partial charge in [-0.05, 0) is 42.0 Å². The lowest BCUT2D eigenvalue weighted by Crippen LogP contribution is -2.69. The highest BCUT2D eigenvalue weighted by molar-refractivity contribution is 8.00. The summed E-state index contributed by atoms with van der Waals surface area (Å²) in [5, 5.41) is 25.4. The number of aliphatic hydroxyl groups is 2. The summed E-state index contributed by atoms with van der Waals surface area (Å²) in [6, 6.07) is 19.5. The van der Waals surface area contributed by atoms with Crippen molar-refractivity contribution in [3.05, 3.63) is 89.5 Å². The number of carbonyl (C=O) groups is 1. The van der Waals surface area contributed by atoms with Crippen molar-refractivity contribution in [3.8, 4) is 0 Å². The number of thioether (sulfide) groups is 1. The highest BCUT2D eigenvalue weighted by atomic mass is 32.2. The Kier molecular flexibility index (Phi) is 5.62. The van der Waals surface area contributed by atoms with E-state index in [0.29, 0.717) is 19.8 Å². The van der Waals surface area contributed by atoms with E-state index >= 15 is 0 Å². The van der Waals surface area contributed by atoms with Gasteiger partial charge >= 0.3 is 0 Å². The SMILES string of the molecule is O=C1C2=C(O)C(O)C=CN2N([C@H]2c3ccccc3SC3(c4ccccc4)CCCCC23)[C@@H]2COCCN12. The lowest BCUT2D eigenvalue weighted by molar-refractivity contribution is -0.202. The van der Waals surface area contributed by atoms with Crippen molar-refractivity contribution in [2.24, 2.45) is 5.92 Å². The van der Waals surface area contributed by atoms with Gasteiger partial charge in [0.15, 0.2) is 11.5 Å². The third kappa shape index (κ3) is 3.43. The summed E-state index contributed by atoms with van der Waals surface area (Å²) in [6.45, 7) is 1.29. The summed E-state index contributed by atoms with van der Waals surface area (Å²) >= 11 is 1.99. The molecular weight excluding hydrogens is 486 g/mol. The van der Waals surface area contributed by atoms with Gasteiger partial charge in [0, 0.05) is 17.6 Å². The number of nitrogens with zero attached hydrogens (tertiary/aromatic N) is 3. The zero-order valence-electron chi connectivity index (χ0n) is 20.6. The molecule has 5 aliphatic rings. The van der Waals surface area contributed by atoms with Crippen LogP contribution in [-0.4, -0.2) is 63.1 Å². The van der Waals surface area contributed by atoms with E-state index in [2.05, 4.69) is 59.6 Å². The number of rotatable bonds is 2. The van der Waals surface area contributed by atoms with Crippen LogP contribution in [0.3, 0.4) is 0 Å². The quantitative estimate of drug-likeness (QED) is 0.615. The summed E-state index contributed by atoms with van der Waals surface area (Å²) in [4.78, 5) is 16.7. The number of morpholine rings is 1. The minimum atomic E-state index is -1.19. The Bertz CT molecular complexity index is 1280. The minimum Gasteiger partial charge on any atom is -0.507 e. The molecule has 7 nitrogen and oxygen atoms in total. The van der Waals surface area contributed by atoms with E-state index in [9.17, 15) is 15.0 Å². The largest absolute Gasteiger partial charge is 0.507 e. The minimum absolute atomic E-state index is 0.0528. The van der Waals surface area contributed by atoms with Crippen molar-refractivity contribution in [3.63, 3.8) is 0 Å². The number of hydrazine groups is 1. The van der Waals surface area contributed by atoms with E-state index in [0.717, 1.165) is 19.3 Å². The van der Waals surface area contributed by atoms with Gasteiger partial charge in [-0.1, -0.05) is 61.4 Å². The maximum atomic E-state index is 13.6. The molecule has 1 saturated carbocycles. The highest BCUT2D eigenvalue weighted by Gasteiger charge is 2.57. The summed E-state index contributed by atoms with van der Waals surface area (Å²) in [5.74, 6) is -0.287. The molecule has 37 heavy (non-hydrogen) atoms. The van der Waals surface area contributed by atoms with Gasteiger partial charge in [-0.2, -0.15) is 5.01 Å². The molecule has 1 aliphatic carbocycles. The average molecular weight is 518 g/mol. The molecule has 3 unspecified atom stereocenters. The van der Waals surface area contributed by atoms with Crippen molar-refractivity contribution in [1.29, 1.82) is 0 Å². The summed E-state index contributed by atoms with van der Waals surface area (Å²) in [5.41, 5.74) is 2.73. The fraction of sp³-hybridized carbons (Fsp3) is 0.414. The van der Waals surface area contributed by atoms with Gasteiger partial charge in [-0.15, -0.1) is 11.8 Å². The van der Waals surface area contributed by atoms with Gasteiger partial charge in [0.25, 0.3) is 5.91 Å². The monoisotopic (exact) mass is 517 g/mol. The van der Waals surface area contributed by atoms with Gasteiger partial charge in [0.2, 0.25) is 0 Å². The second-order valence-corrected chi connectivity index (χ2v) is 11.9. The summed E-state index contributed by atoms with van der Waals surface area (Å²) in [6.07, 6.45) is 6.26. The Morgan fingerprint density at radius 3 is 2.73 bits per heavy atom. The molecule has 0 bridgehead atoms. The molecule has 2 aromatic carbocycles. The van der Waals surface area contributed by atoms with Crippen LogP contribution in [0.5, 0.6) is 0 Å². The number of aliphatic hydroxyl groups excluding tert-OH is 2. The molecule has 8 heteroatoms. The van der Waals surface area contributed by atoms with Gasteiger partial charge in [-0.3, -0.25) is 9.80 Å². The maximum absolute atomic E-state index is 13.6. The van der Waals surface area contributed by atoms with Crippen LogP contribution >= 0.6 is 11.8 Å². The first-order chi connectivity index (χ1) is 18.1. The maximum Gasteiger partial charge on any atom is 0.277 e. The average Bonchev–Trinajstić information content (AvgIpc) is 2.95. The Morgan fingerprint density at radius 1 is 1.05 bits per heavy atom. The Hall–Kier alpha value is -2.78. The molecule has 2 N–H and O–H groups in total. The number of fused-ring (bicyclic) bond motifs is 4. The van der Waals surface area contributed by atoms with E-state index in [-0.39, 0.29) is 40.2 Å². The van der Waals surface area contributed by atoms with Crippen LogP contribution in [0.1, 0.15) is 42.9 Å². The number of amides is 1. The van der Waals surface area contributed by atoms with Crippen molar-refractivity contribution >= 4 is 17.7 Å². The molecule has 2 saturated heterocycles. The molecule has 192 valence electrons. The Labute approximate surface area is 221 Å². The Balaban J connectivity index is 1.45. The third-order valence-corrected chi connectivity index (χ3v) is 10.4. The number of benzene rings is 2. The molecule has 4 aliphatic heterocycles. The molecule has 1 amide bonds. The molecule has 0 aromatic heterocycles. The van der Waals surface area contributed by atoms with Crippen molar-refractivity contribution in [2.45, 2.75) is 53.6 Å². The lowest BCUT2D eigenvalue weighted by Gasteiger charge is -2.60. The fourth-order valence-corrected chi connectivity index (χ4v) is 8.78. The summed E-state index contributed by atoms with van der Waals surface area (Å²) in [7, 11) is 0. The van der Waals surface area contributed by atoms with E-state index in [1.165, 1.54) is 22.4 Å². The van der Waals surface area contributed by atoms with Crippen LogP contribution in [-0.2, 0) is 14.3 Å². The molecular formula is C29H31N3O4S. The van der Waals surface area contributed by atoms with Crippen LogP contribution in [0.15, 0.2) is 83.2 Å². The molecule has 4 heterocycles. The molecule has 5 atom stereocenters. The van der Waals surface area contributed by atoms with Crippen LogP contribution < -0.4 is 0 Å². The topological polar surface area (TPSA) is 76.5 Å². The first kappa shape index (κ1) is 23.3. The summed E-state index contributed by atoms with van der Waals surface area (Å²) < 4.78 is 5.84. The standard InChI is InChI=1S/C29H31N3O4S/c33-22-13-15-31-26(27(22)34)28(35)30-16-17-36-18-24(30)32(31)25-20-10-4-5-12-23(20)37-29(14-7-6-11-21(25)29)19-8-2-1-3-9-19/h1-5,8-10,12-13,15,21-22,24-25,33-34H,6-7,11,14,16-18H2/t21?,22?,24-,25+,29?/m1/s1. The van der Waals surface area contributed by atoms with Crippen LogP contribution in [0.25, 0.3) is 0 Å². The smallest absolute Gasteiger partial charge is 0.277 e. The van der Waals surface area contributed by atoms with Crippen LogP contribution in [0, 0.1) is 5.92 Å². The van der Waals surface area contributed by atoms with Gasteiger partial charge in [0.1, 0.15) is 12.3 Å². The van der Waals surface area contributed by atoms with E-state index in [1.54, 1.807) is 12.3 Å². The number of carbonyl (C=O) groups excluding carboxylic acids is 1. The predicted molar refractivity (Wildman–Crippen MR) is 140 cm³/mol. The predicted octanol–water partition coefficient (Wildman–Crippen LogP) is 4.29. The number of hydrogen-bond acceptors (Lipinski definition) is 7. The van der Waals surface area contributed by atoms with Gasteiger partial charge in [-0.25, -0.2) is 0 Å². The molecule has 0 spiro atoms. The number of ether oxygens (including phenoxy) is 1. The van der Waals surface area contributed by atoms with Crippen LogP contribution in [0.2, 0.25) is 0 Å². The first-order valence-electron chi connectivity index (χ1n) is 13.2. The van der Waals surface area contributed by atoms with E-state index in [4.69, 9.17) is 4.74 Å². The second-order valence-electron chi connectivity index (χ2n) is 10.5. The van der Waals surface area contributed by atoms with Crippen LogP contribution in [0.4, 0.5) is 0 Å². The second kappa shape index (κ2) is 8.91. The van der Waals surface area contributed by atoms with Gasteiger partial charge in [0.05, 0.1) is 24.0 Å². The molecule has 3 fully saturated rings. The third-order valence-electron chi connectivity index (χ3n) is 8.65. The van der Waals surface area contributed by atoms with Crippen molar-refractivity contribution < 1.29 is 19.7 Å². The normalized spacial score (nSPS) is 33.5. The zero-order valence-corrected chi connectivity index (χ0v) is 21.4. The Morgan fingerprint density at radius 2 is 1.86 bits per heavy atom.